The Labute approximate surface area is 87.7 Å². The highest BCUT2D eigenvalue weighted by Crippen LogP contribution is 2.10. The first-order chi connectivity index (χ1) is 6.63. The van der Waals surface area contributed by atoms with Gasteiger partial charge in [0.1, 0.15) is 6.04 Å². The van der Waals surface area contributed by atoms with E-state index in [1.54, 1.807) is 0 Å². The van der Waals surface area contributed by atoms with Gasteiger partial charge in [-0.15, -0.1) is 11.6 Å². The zero-order valence-electron chi connectivity index (χ0n) is 7.83. The summed E-state index contributed by atoms with van der Waals surface area (Å²) in [5.74, 6) is -0.899. The molecule has 2 N–H and O–H groups in total. The van der Waals surface area contributed by atoms with Crippen LogP contribution in [-0.2, 0) is 4.79 Å². The maximum absolute atomic E-state index is 10.7. The zero-order valence-corrected chi connectivity index (χ0v) is 8.58. The highest BCUT2D eigenvalue weighted by Gasteiger charge is 2.14. The molecule has 0 aliphatic carbocycles. The van der Waals surface area contributed by atoms with Gasteiger partial charge in [-0.25, -0.2) is 4.79 Å². The van der Waals surface area contributed by atoms with Crippen LogP contribution in [0.2, 0.25) is 0 Å². The molecule has 0 aromatic heterocycles. The van der Waals surface area contributed by atoms with E-state index in [0.29, 0.717) is 0 Å². The van der Waals surface area contributed by atoms with Gasteiger partial charge in [0, 0.05) is 5.69 Å². The lowest BCUT2D eigenvalue weighted by Gasteiger charge is -2.12. The molecule has 14 heavy (non-hydrogen) atoms. The minimum absolute atomic E-state index is 0.0449. The van der Waals surface area contributed by atoms with Gasteiger partial charge in [-0.1, -0.05) is 17.7 Å². The number of nitrogens with one attached hydrogen (secondary N) is 1. The Kier molecular flexibility index (Phi) is 3.77. The molecule has 1 aromatic rings. The first-order valence-electron chi connectivity index (χ1n) is 4.25. The Morgan fingerprint density at radius 3 is 2.50 bits per heavy atom. The van der Waals surface area contributed by atoms with E-state index in [9.17, 15) is 4.79 Å². The maximum Gasteiger partial charge on any atom is 0.327 e. The first-order valence-corrected chi connectivity index (χ1v) is 4.79. The Bertz CT molecular complexity index is 310. The molecule has 0 fully saturated rings. The van der Waals surface area contributed by atoms with Gasteiger partial charge in [0.15, 0.2) is 0 Å². The molecule has 0 aliphatic heterocycles. The molecule has 3 nitrogen and oxygen atoms in total. The number of alkyl halides is 1. The molecule has 1 unspecified atom stereocenters. The van der Waals surface area contributed by atoms with Crippen molar-refractivity contribution >= 4 is 23.3 Å². The molecule has 0 saturated carbocycles. The van der Waals surface area contributed by atoms with Crippen molar-refractivity contribution in [3.8, 4) is 0 Å². The van der Waals surface area contributed by atoms with Crippen molar-refractivity contribution in [3.63, 3.8) is 0 Å². The lowest BCUT2D eigenvalue weighted by atomic mass is 10.2. The second-order valence-electron chi connectivity index (χ2n) is 3.06. The van der Waals surface area contributed by atoms with E-state index in [-0.39, 0.29) is 5.88 Å². The van der Waals surface area contributed by atoms with Crippen LogP contribution < -0.4 is 5.32 Å². The molecular formula is C10H12ClNO2. The molecule has 1 atom stereocenters. The lowest BCUT2D eigenvalue weighted by molar-refractivity contribution is -0.137. The highest BCUT2D eigenvalue weighted by atomic mass is 35.5. The molecule has 0 aliphatic rings. The third-order valence-corrected chi connectivity index (χ3v) is 2.15. The monoisotopic (exact) mass is 213 g/mol. The third kappa shape index (κ3) is 2.92. The van der Waals surface area contributed by atoms with E-state index in [0.717, 1.165) is 11.3 Å². The number of halogens is 1. The van der Waals surface area contributed by atoms with Gasteiger partial charge in [0.25, 0.3) is 0 Å². The van der Waals surface area contributed by atoms with Gasteiger partial charge >= 0.3 is 5.97 Å². The van der Waals surface area contributed by atoms with Gasteiger partial charge < -0.3 is 10.4 Å². The SMILES string of the molecule is Cc1ccc(NC(CCl)C(=O)O)cc1. The Hall–Kier alpha value is -1.22. The van der Waals surface area contributed by atoms with Crippen LogP contribution in [0, 0.1) is 6.92 Å². The van der Waals surface area contributed by atoms with Gasteiger partial charge in [0.05, 0.1) is 5.88 Å². The number of hydrogen-bond donors (Lipinski definition) is 2. The minimum atomic E-state index is -0.944. The van der Waals surface area contributed by atoms with Crippen molar-refractivity contribution in [2.45, 2.75) is 13.0 Å². The lowest BCUT2D eigenvalue weighted by Crippen LogP contribution is -2.30. The molecule has 0 heterocycles. The summed E-state index contributed by atoms with van der Waals surface area (Å²) >= 11 is 5.50. The highest BCUT2D eigenvalue weighted by molar-refractivity contribution is 6.19. The number of hydrogen-bond acceptors (Lipinski definition) is 2. The van der Waals surface area contributed by atoms with Crippen molar-refractivity contribution < 1.29 is 9.90 Å². The summed E-state index contributed by atoms with van der Waals surface area (Å²) in [5.41, 5.74) is 1.90. The van der Waals surface area contributed by atoms with E-state index < -0.39 is 12.0 Å². The van der Waals surface area contributed by atoms with Crippen molar-refractivity contribution in [3.05, 3.63) is 29.8 Å². The molecule has 1 aromatic carbocycles. The summed E-state index contributed by atoms with van der Waals surface area (Å²) in [4.78, 5) is 10.7. The van der Waals surface area contributed by atoms with Gasteiger partial charge in [0.2, 0.25) is 0 Å². The van der Waals surface area contributed by atoms with Crippen LogP contribution in [0.5, 0.6) is 0 Å². The number of carboxylic acid groups (broad SMARTS) is 1. The van der Waals surface area contributed by atoms with E-state index in [1.165, 1.54) is 0 Å². The standard InChI is InChI=1S/C10H12ClNO2/c1-7-2-4-8(5-3-7)12-9(6-11)10(13)14/h2-5,9,12H,6H2,1H3,(H,13,14). The second-order valence-corrected chi connectivity index (χ2v) is 3.36. The number of rotatable bonds is 4. The third-order valence-electron chi connectivity index (χ3n) is 1.84. The van der Waals surface area contributed by atoms with Crippen molar-refractivity contribution in [1.29, 1.82) is 0 Å². The predicted octanol–water partition coefficient (Wildman–Crippen LogP) is 2.10. The molecule has 0 bridgehead atoms. The predicted molar refractivity (Wildman–Crippen MR) is 56.9 cm³/mol. The average molecular weight is 214 g/mol. The molecule has 4 heteroatoms. The zero-order chi connectivity index (χ0) is 10.6. The number of carboxylic acids is 1. The minimum Gasteiger partial charge on any atom is -0.480 e. The average Bonchev–Trinajstić information content (AvgIpc) is 2.16. The van der Waals surface area contributed by atoms with Gasteiger partial charge in [-0.3, -0.25) is 0 Å². The quantitative estimate of drug-likeness (QED) is 0.754. The van der Waals surface area contributed by atoms with Crippen LogP contribution in [0.15, 0.2) is 24.3 Å². The van der Waals surface area contributed by atoms with Gasteiger partial charge in [-0.2, -0.15) is 0 Å². The Morgan fingerprint density at radius 2 is 2.07 bits per heavy atom. The number of anilines is 1. The Balaban J connectivity index is 2.67. The molecule has 0 saturated heterocycles. The van der Waals surface area contributed by atoms with E-state index in [4.69, 9.17) is 16.7 Å². The van der Waals surface area contributed by atoms with Gasteiger partial charge in [-0.05, 0) is 19.1 Å². The van der Waals surface area contributed by atoms with E-state index in [1.807, 2.05) is 31.2 Å². The topological polar surface area (TPSA) is 49.3 Å². The largest absolute Gasteiger partial charge is 0.480 e. The molecular weight excluding hydrogens is 202 g/mol. The molecule has 1 rings (SSSR count). The van der Waals surface area contributed by atoms with Crippen LogP contribution >= 0.6 is 11.6 Å². The van der Waals surface area contributed by atoms with Crippen LogP contribution in [0.25, 0.3) is 0 Å². The summed E-state index contributed by atoms with van der Waals surface area (Å²) < 4.78 is 0. The number of aryl methyl sites for hydroxylation is 1. The normalized spacial score (nSPS) is 12.1. The van der Waals surface area contributed by atoms with E-state index >= 15 is 0 Å². The van der Waals surface area contributed by atoms with Crippen molar-refractivity contribution in [2.24, 2.45) is 0 Å². The maximum atomic E-state index is 10.7. The summed E-state index contributed by atoms with van der Waals surface area (Å²) in [6, 6.07) is 6.75. The summed E-state index contributed by atoms with van der Waals surface area (Å²) in [7, 11) is 0. The Morgan fingerprint density at radius 1 is 1.50 bits per heavy atom. The molecule has 0 radical (unpaired) electrons. The summed E-state index contributed by atoms with van der Waals surface area (Å²) in [6.45, 7) is 1.97. The van der Waals surface area contributed by atoms with Crippen LogP contribution in [0.3, 0.4) is 0 Å². The molecule has 0 amide bonds. The molecule has 76 valence electrons. The second kappa shape index (κ2) is 4.86. The summed E-state index contributed by atoms with van der Waals surface area (Å²) in [5, 5.41) is 11.6. The van der Waals surface area contributed by atoms with Crippen molar-refractivity contribution in [1.82, 2.24) is 0 Å². The van der Waals surface area contributed by atoms with Crippen LogP contribution in [0.1, 0.15) is 5.56 Å². The van der Waals surface area contributed by atoms with E-state index in [2.05, 4.69) is 5.32 Å². The van der Waals surface area contributed by atoms with Crippen LogP contribution in [-0.4, -0.2) is 23.0 Å². The first kappa shape index (κ1) is 10.9. The fourth-order valence-electron chi connectivity index (χ4n) is 1.02. The number of benzene rings is 1. The smallest absolute Gasteiger partial charge is 0.327 e. The fraction of sp³-hybridized carbons (Fsp3) is 0.300. The van der Waals surface area contributed by atoms with Crippen LogP contribution in [0.4, 0.5) is 5.69 Å². The van der Waals surface area contributed by atoms with Crippen molar-refractivity contribution in [2.75, 3.05) is 11.2 Å². The fourth-order valence-corrected chi connectivity index (χ4v) is 1.23. The number of carbonyl (C=O) groups is 1. The molecule has 0 spiro atoms. The summed E-state index contributed by atoms with van der Waals surface area (Å²) in [6.07, 6.45) is 0. The number of aliphatic carboxylic acids is 1.